The van der Waals surface area contributed by atoms with Gasteiger partial charge in [0.05, 0.1) is 12.3 Å². The predicted molar refractivity (Wildman–Crippen MR) is 107 cm³/mol. The summed E-state index contributed by atoms with van der Waals surface area (Å²) in [4.78, 5) is 21.5. The van der Waals surface area contributed by atoms with Gasteiger partial charge in [-0.3, -0.25) is 4.79 Å². The van der Waals surface area contributed by atoms with Gasteiger partial charge in [-0.25, -0.2) is 9.97 Å². The summed E-state index contributed by atoms with van der Waals surface area (Å²) in [6.07, 6.45) is 7.37. The van der Waals surface area contributed by atoms with Crippen LogP contribution in [0, 0.1) is 6.92 Å². The number of carbonyl (C=O) groups excluding carboxylic acids is 1. The molecule has 27 heavy (non-hydrogen) atoms. The number of nitrogens with zero attached hydrogens (tertiary/aromatic N) is 2. The highest BCUT2D eigenvalue weighted by atomic mass is 16.5. The summed E-state index contributed by atoms with van der Waals surface area (Å²) in [5.74, 6) is 1.68. The van der Waals surface area contributed by atoms with Crippen LogP contribution in [-0.2, 0) is 0 Å². The smallest absolute Gasteiger partial charge is 0.274 e. The molecule has 6 heteroatoms. The maximum absolute atomic E-state index is 12.7. The van der Waals surface area contributed by atoms with Gasteiger partial charge in [-0.15, -0.1) is 0 Å². The lowest BCUT2D eigenvalue weighted by Crippen LogP contribution is -2.21. The summed E-state index contributed by atoms with van der Waals surface area (Å²) in [6.45, 7) is 4.26. The van der Waals surface area contributed by atoms with E-state index in [0.29, 0.717) is 35.6 Å². The minimum absolute atomic E-state index is 0.267. The van der Waals surface area contributed by atoms with Crippen LogP contribution in [0.25, 0.3) is 0 Å². The average molecular weight is 368 g/mol. The van der Waals surface area contributed by atoms with Gasteiger partial charge in [-0.05, 0) is 38.8 Å². The maximum atomic E-state index is 12.7. The van der Waals surface area contributed by atoms with Gasteiger partial charge in [-0.2, -0.15) is 0 Å². The molecule has 0 bridgehead atoms. The Morgan fingerprint density at radius 3 is 2.63 bits per heavy atom. The lowest BCUT2D eigenvalue weighted by molar-refractivity contribution is 0.102. The Balaban J connectivity index is 1.74. The van der Waals surface area contributed by atoms with Crippen molar-refractivity contribution < 1.29 is 9.53 Å². The third-order valence-corrected chi connectivity index (χ3v) is 4.71. The summed E-state index contributed by atoms with van der Waals surface area (Å²) < 4.78 is 5.57. The van der Waals surface area contributed by atoms with E-state index in [4.69, 9.17) is 4.74 Å². The van der Waals surface area contributed by atoms with Crippen LogP contribution in [-0.4, -0.2) is 28.5 Å². The van der Waals surface area contributed by atoms with E-state index < -0.39 is 0 Å². The molecule has 6 nitrogen and oxygen atoms in total. The monoisotopic (exact) mass is 368 g/mol. The van der Waals surface area contributed by atoms with E-state index in [0.717, 1.165) is 18.7 Å². The maximum Gasteiger partial charge on any atom is 0.274 e. The van der Waals surface area contributed by atoms with Crippen molar-refractivity contribution in [1.29, 1.82) is 0 Å². The third kappa shape index (κ3) is 5.42. The van der Waals surface area contributed by atoms with E-state index in [1.807, 2.05) is 38.1 Å². The fraction of sp³-hybridized carbons (Fsp3) is 0.476. The molecule has 0 spiro atoms. The van der Waals surface area contributed by atoms with Gasteiger partial charge in [-0.1, -0.05) is 37.8 Å². The van der Waals surface area contributed by atoms with E-state index in [1.165, 1.54) is 25.7 Å². The zero-order chi connectivity index (χ0) is 19.1. The number of hydrogen-bond acceptors (Lipinski definition) is 5. The Hall–Kier alpha value is -2.63. The van der Waals surface area contributed by atoms with Gasteiger partial charge < -0.3 is 15.4 Å². The highest BCUT2D eigenvalue weighted by molar-refractivity contribution is 6.04. The number of hydrogen-bond donors (Lipinski definition) is 2. The van der Waals surface area contributed by atoms with E-state index in [9.17, 15) is 4.79 Å². The van der Waals surface area contributed by atoms with Gasteiger partial charge >= 0.3 is 0 Å². The molecule has 2 N–H and O–H groups in total. The van der Waals surface area contributed by atoms with Crippen molar-refractivity contribution in [2.24, 2.45) is 0 Å². The number of benzene rings is 1. The number of rotatable bonds is 6. The molecule has 1 aromatic heterocycles. The van der Waals surface area contributed by atoms with Gasteiger partial charge in [0, 0.05) is 12.1 Å². The number of aromatic nitrogens is 2. The zero-order valence-electron chi connectivity index (χ0n) is 16.1. The molecule has 0 unspecified atom stereocenters. The van der Waals surface area contributed by atoms with E-state index in [1.54, 1.807) is 6.07 Å². The summed E-state index contributed by atoms with van der Waals surface area (Å²) >= 11 is 0. The Morgan fingerprint density at radius 1 is 1.15 bits per heavy atom. The molecule has 0 aliphatic heterocycles. The van der Waals surface area contributed by atoms with Crippen LogP contribution < -0.4 is 15.4 Å². The SMILES string of the molecule is CCOc1ccccc1NC(=O)c1cc(NC2CCCCCC2)nc(C)n1. The fourth-order valence-electron chi connectivity index (χ4n) is 3.43. The second kappa shape index (κ2) is 9.35. The standard InChI is InChI=1S/C21H28N4O2/c1-3-27-19-13-9-8-12-17(19)25-21(26)18-14-20(23-15(2)22-18)24-16-10-6-4-5-7-11-16/h8-9,12-14,16H,3-7,10-11H2,1-2H3,(H,25,26)(H,22,23,24). The first-order valence-electron chi connectivity index (χ1n) is 9.81. The molecule has 2 aromatic rings. The fourth-order valence-corrected chi connectivity index (χ4v) is 3.43. The molecule has 1 saturated carbocycles. The van der Waals surface area contributed by atoms with Crippen LogP contribution in [0.3, 0.4) is 0 Å². The van der Waals surface area contributed by atoms with Gasteiger partial charge in [0.1, 0.15) is 23.1 Å². The summed E-state index contributed by atoms with van der Waals surface area (Å²) in [5.41, 5.74) is 0.990. The van der Waals surface area contributed by atoms with Crippen LogP contribution in [0.2, 0.25) is 0 Å². The molecule has 144 valence electrons. The second-order valence-corrected chi connectivity index (χ2v) is 6.90. The van der Waals surface area contributed by atoms with E-state index in [2.05, 4.69) is 20.6 Å². The number of ether oxygens (including phenoxy) is 1. The molecule has 1 amide bonds. The molecule has 0 atom stereocenters. The number of carbonyl (C=O) groups is 1. The van der Waals surface area contributed by atoms with Gasteiger partial charge in [0.2, 0.25) is 0 Å². The zero-order valence-corrected chi connectivity index (χ0v) is 16.1. The van der Waals surface area contributed by atoms with Crippen molar-refractivity contribution in [2.75, 3.05) is 17.2 Å². The summed E-state index contributed by atoms with van der Waals surface area (Å²) in [5, 5.41) is 6.39. The molecule has 0 radical (unpaired) electrons. The van der Waals surface area contributed by atoms with Crippen molar-refractivity contribution in [1.82, 2.24) is 9.97 Å². The number of para-hydroxylation sites is 2. The summed E-state index contributed by atoms with van der Waals surface area (Å²) in [6, 6.07) is 9.55. The lowest BCUT2D eigenvalue weighted by atomic mass is 10.1. The Kier molecular flexibility index (Phi) is 6.63. The number of anilines is 2. The molecule has 0 saturated heterocycles. The van der Waals surface area contributed by atoms with E-state index in [-0.39, 0.29) is 5.91 Å². The van der Waals surface area contributed by atoms with Crippen molar-refractivity contribution in [3.8, 4) is 5.75 Å². The van der Waals surface area contributed by atoms with Gasteiger partial charge in [0.15, 0.2) is 0 Å². The van der Waals surface area contributed by atoms with Gasteiger partial charge in [0.25, 0.3) is 5.91 Å². The Labute approximate surface area is 160 Å². The summed E-state index contributed by atoms with van der Waals surface area (Å²) in [7, 11) is 0. The normalized spacial score (nSPS) is 15.0. The number of nitrogens with one attached hydrogen (secondary N) is 2. The highest BCUT2D eigenvalue weighted by Crippen LogP contribution is 2.25. The molecule has 1 fully saturated rings. The molecular weight excluding hydrogens is 340 g/mol. The highest BCUT2D eigenvalue weighted by Gasteiger charge is 2.16. The van der Waals surface area contributed by atoms with Crippen LogP contribution in [0.15, 0.2) is 30.3 Å². The first-order chi connectivity index (χ1) is 13.2. The number of amides is 1. The topological polar surface area (TPSA) is 76.1 Å². The molecule has 3 rings (SSSR count). The van der Waals surface area contributed by atoms with Crippen molar-refractivity contribution >= 4 is 17.4 Å². The van der Waals surface area contributed by atoms with Crippen molar-refractivity contribution in [3.63, 3.8) is 0 Å². The van der Waals surface area contributed by atoms with Crippen LogP contribution in [0.4, 0.5) is 11.5 Å². The molecule has 1 aromatic carbocycles. The largest absolute Gasteiger partial charge is 0.492 e. The quantitative estimate of drug-likeness (QED) is 0.731. The third-order valence-electron chi connectivity index (χ3n) is 4.71. The first kappa shape index (κ1) is 19.1. The van der Waals surface area contributed by atoms with Crippen LogP contribution in [0.5, 0.6) is 5.75 Å². The molecular formula is C21H28N4O2. The molecule has 1 aliphatic carbocycles. The van der Waals surface area contributed by atoms with Crippen LogP contribution in [0.1, 0.15) is 61.8 Å². The second-order valence-electron chi connectivity index (χ2n) is 6.90. The molecule has 1 aliphatic rings. The average Bonchev–Trinajstić information content (AvgIpc) is 2.92. The molecule has 1 heterocycles. The predicted octanol–water partition coefficient (Wildman–Crippen LogP) is 4.57. The number of aryl methyl sites for hydroxylation is 1. The lowest BCUT2D eigenvalue weighted by Gasteiger charge is -2.17. The Bertz CT molecular complexity index is 771. The van der Waals surface area contributed by atoms with Crippen molar-refractivity contribution in [2.45, 2.75) is 58.4 Å². The Morgan fingerprint density at radius 2 is 1.89 bits per heavy atom. The van der Waals surface area contributed by atoms with Crippen molar-refractivity contribution in [3.05, 3.63) is 41.9 Å². The minimum Gasteiger partial charge on any atom is -0.492 e. The van der Waals surface area contributed by atoms with Crippen LogP contribution >= 0.6 is 0 Å². The van der Waals surface area contributed by atoms with E-state index >= 15 is 0 Å². The minimum atomic E-state index is -0.267. The first-order valence-corrected chi connectivity index (χ1v) is 9.81.